The molecule has 4 nitrogen and oxygen atoms in total. The Labute approximate surface area is 165 Å². The molecule has 0 saturated carbocycles. The number of halogens is 1. The summed E-state index contributed by atoms with van der Waals surface area (Å²) in [5.41, 5.74) is 2.31. The molecule has 26 heavy (non-hydrogen) atoms. The molecule has 0 unspecified atom stereocenters. The maximum absolute atomic E-state index is 12.4. The molecule has 0 saturated heterocycles. The van der Waals surface area contributed by atoms with Gasteiger partial charge in [-0.25, -0.2) is 9.97 Å². The van der Waals surface area contributed by atoms with Crippen LogP contribution in [-0.4, -0.2) is 21.6 Å². The van der Waals surface area contributed by atoms with Crippen LogP contribution in [0.2, 0.25) is 5.02 Å². The van der Waals surface area contributed by atoms with Crippen molar-refractivity contribution < 1.29 is 4.79 Å². The molecular weight excluding hydrogens is 386 g/mol. The summed E-state index contributed by atoms with van der Waals surface area (Å²) in [6.45, 7) is 1.94. The van der Waals surface area contributed by atoms with Gasteiger partial charge in [0.25, 0.3) is 0 Å². The third-order valence-electron chi connectivity index (χ3n) is 4.56. The smallest absolute Gasteiger partial charge is 0.230 e. The van der Waals surface area contributed by atoms with Gasteiger partial charge in [-0.15, -0.1) is 11.3 Å². The van der Waals surface area contributed by atoms with Crippen molar-refractivity contribution in [2.24, 2.45) is 0 Å². The van der Waals surface area contributed by atoms with Gasteiger partial charge in [0, 0.05) is 15.3 Å². The quantitative estimate of drug-likeness (QED) is 0.491. The molecule has 0 fully saturated rings. The summed E-state index contributed by atoms with van der Waals surface area (Å²) in [5, 5.41) is 5.75. The first kappa shape index (κ1) is 17.8. The van der Waals surface area contributed by atoms with E-state index in [9.17, 15) is 4.79 Å². The molecule has 3 aromatic rings. The zero-order valence-electron chi connectivity index (χ0n) is 14.3. The number of aryl methyl sites for hydroxylation is 2. The molecule has 0 radical (unpaired) electrons. The van der Waals surface area contributed by atoms with Gasteiger partial charge in [-0.1, -0.05) is 41.6 Å². The van der Waals surface area contributed by atoms with E-state index in [-0.39, 0.29) is 11.9 Å². The Bertz CT molecular complexity index is 973. The van der Waals surface area contributed by atoms with Gasteiger partial charge in [0.1, 0.15) is 16.2 Å². The van der Waals surface area contributed by atoms with Crippen molar-refractivity contribution in [3.8, 4) is 0 Å². The van der Waals surface area contributed by atoms with E-state index in [0.717, 1.165) is 33.6 Å². The highest BCUT2D eigenvalue weighted by Gasteiger charge is 2.22. The number of carbonyl (C=O) groups excluding carboxylic acids is 1. The minimum Gasteiger partial charge on any atom is -0.349 e. The van der Waals surface area contributed by atoms with Gasteiger partial charge < -0.3 is 5.32 Å². The molecule has 1 amide bonds. The molecule has 0 aliphatic heterocycles. The lowest BCUT2D eigenvalue weighted by molar-refractivity contribution is -0.119. The van der Waals surface area contributed by atoms with Gasteiger partial charge in [-0.3, -0.25) is 4.79 Å². The van der Waals surface area contributed by atoms with Crippen LogP contribution < -0.4 is 5.32 Å². The van der Waals surface area contributed by atoms with Crippen molar-refractivity contribution >= 4 is 50.8 Å². The SMILES string of the molecule is C[C@H](NC(=O)CSc1ncnc2sc3c(c12)CCC3)c1ccccc1Cl. The van der Waals surface area contributed by atoms with Crippen LogP contribution in [0.5, 0.6) is 0 Å². The lowest BCUT2D eigenvalue weighted by Crippen LogP contribution is -2.28. The van der Waals surface area contributed by atoms with Gasteiger partial charge >= 0.3 is 0 Å². The van der Waals surface area contributed by atoms with E-state index in [1.54, 1.807) is 17.7 Å². The van der Waals surface area contributed by atoms with Crippen molar-refractivity contribution in [2.75, 3.05) is 5.75 Å². The van der Waals surface area contributed by atoms with Crippen LogP contribution in [0.3, 0.4) is 0 Å². The topological polar surface area (TPSA) is 54.9 Å². The Morgan fingerprint density at radius 3 is 3.04 bits per heavy atom. The highest BCUT2D eigenvalue weighted by Crippen LogP contribution is 2.40. The first-order valence-corrected chi connectivity index (χ1v) is 10.7. The molecule has 134 valence electrons. The molecular formula is C19H18ClN3OS2. The summed E-state index contributed by atoms with van der Waals surface area (Å²) in [4.78, 5) is 23.7. The summed E-state index contributed by atoms with van der Waals surface area (Å²) in [7, 11) is 0. The second-order valence-electron chi connectivity index (χ2n) is 6.32. The zero-order valence-corrected chi connectivity index (χ0v) is 16.7. The fourth-order valence-corrected chi connectivity index (χ4v) is 5.76. The monoisotopic (exact) mass is 403 g/mol. The second kappa shape index (κ2) is 7.55. The third kappa shape index (κ3) is 3.46. The van der Waals surface area contributed by atoms with Crippen LogP contribution in [0.4, 0.5) is 0 Å². The highest BCUT2D eigenvalue weighted by molar-refractivity contribution is 8.00. The van der Waals surface area contributed by atoms with Gasteiger partial charge in [0.05, 0.1) is 11.8 Å². The number of rotatable bonds is 5. The molecule has 0 bridgehead atoms. The number of aromatic nitrogens is 2. The number of amides is 1. The molecule has 2 heterocycles. The van der Waals surface area contributed by atoms with Crippen LogP contribution in [0.25, 0.3) is 10.2 Å². The summed E-state index contributed by atoms with van der Waals surface area (Å²) in [6, 6.07) is 7.45. The van der Waals surface area contributed by atoms with Crippen molar-refractivity contribution in [3.05, 3.63) is 51.6 Å². The Morgan fingerprint density at radius 2 is 2.19 bits per heavy atom. The largest absolute Gasteiger partial charge is 0.349 e. The van der Waals surface area contributed by atoms with Crippen molar-refractivity contribution in [1.82, 2.24) is 15.3 Å². The normalized spacial score (nSPS) is 14.4. The minimum atomic E-state index is -0.132. The number of nitrogens with one attached hydrogen (secondary N) is 1. The molecule has 1 aliphatic carbocycles. The van der Waals surface area contributed by atoms with Gasteiger partial charge in [-0.05, 0) is 43.4 Å². The fourth-order valence-electron chi connectivity index (χ4n) is 3.33. The second-order valence-corrected chi connectivity index (χ2v) is 8.77. The number of hydrogen-bond acceptors (Lipinski definition) is 5. The molecule has 7 heteroatoms. The Hall–Kier alpha value is -1.63. The van der Waals surface area contributed by atoms with Crippen molar-refractivity contribution in [3.63, 3.8) is 0 Å². The lowest BCUT2D eigenvalue weighted by atomic mass is 10.1. The molecule has 4 rings (SSSR count). The van der Waals surface area contributed by atoms with Gasteiger partial charge in [0.15, 0.2) is 0 Å². The molecule has 1 N–H and O–H groups in total. The van der Waals surface area contributed by atoms with E-state index < -0.39 is 0 Å². The van der Waals surface area contributed by atoms with Crippen LogP contribution in [0, 0.1) is 0 Å². The number of hydrogen-bond donors (Lipinski definition) is 1. The van der Waals surface area contributed by atoms with E-state index >= 15 is 0 Å². The van der Waals surface area contributed by atoms with E-state index in [0.29, 0.717) is 10.8 Å². The summed E-state index contributed by atoms with van der Waals surface area (Å²) >= 11 is 9.46. The number of carbonyl (C=O) groups is 1. The lowest BCUT2D eigenvalue weighted by Gasteiger charge is -2.15. The average Bonchev–Trinajstić information content (AvgIpc) is 3.21. The predicted molar refractivity (Wildman–Crippen MR) is 108 cm³/mol. The van der Waals surface area contributed by atoms with Crippen LogP contribution in [0.1, 0.15) is 35.4 Å². The van der Waals surface area contributed by atoms with E-state index in [1.165, 1.54) is 28.6 Å². The van der Waals surface area contributed by atoms with Crippen LogP contribution in [0.15, 0.2) is 35.6 Å². The molecule has 1 aromatic carbocycles. The maximum Gasteiger partial charge on any atom is 0.230 e. The van der Waals surface area contributed by atoms with E-state index in [1.807, 2.05) is 31.2 Å². The van der Waals surface area contributed by atoms with Crippen molar-refractivity contribution in [1.29, 1.82) is 0 Å². The number of thioether (sulfide) groups is 1. The van der Waals surface area contributed by atoms with E-state index in [2.05, 4.69) is 15.3 Å². The highest BCUT2D eigenvalue weighted by atomic mass is 35.5. The zero-order chi connectivity index (χ0) is 18.1. The summed E-state index contributed by atoms with van der Waals surface area (Å²) in [6.07, 6.45) is 5.02. The maximum atomic E-state index is 12.4. The Balaban J connectivity index is 1.45. The van der Waals surface area contributed by atoms with E-state index in [4.69, 9.17) is 11.6 Å². The Morgan fingerprint density at radius 1 is 1.35 bits per heavy atom. The fraction of sp³-hybridized carbons (Fsp3) is 0.316. The van der Waals surface area contributed by atoms with Crippen LogP contribution in [-0.2, 0) is 17.6 Å². The first-order valence-electron chi connectivity index (χ1n) is 8.55. The van der Waals surface area contributed by atoms with Crippen LogP contribution >= 0.6 is 34.7 Å². The van der Waals surface area contributed by atoms with Crippen molar-refractivity contribution in [2.45, 2.75) is 37.3 Å². The molecule has 0 spiro atoms. The number of nitrogens with zero attached hydrogens (tertiary/aromatic N) is 2. The van der Waals surface area contributed by atoms with Gasteiger partial charge in [-0.2, -0.15) is 0 Å². The summed E-state index contributed by atoms with van der Waals surface area (Å²) < 4.78 is 0. The minimum absolute atomic E-state index is 0.0268. The first-order chi connectivity index (χ1) is 12.6. The summed E-state index contributed by atoms with van der Waals surface area (Å²) in [5.74, 6) is 0.298. The third-order valence-corrected chi connectivity index (χ3v) is 7.09. The Kier molecular flexibility index (Phi) is 5.16. The number of thiophene rings is 1. The number of fused-ring (bicyclic) bond motifs is 3. The van der Waals surface area contributed by atoms with Gasteiger partial charge in [0.2, 0.25) is 5.91 Å². The number of benzene rings is 1. The molecule has 1 atom stereocenters. The molecule has 2 aromatic heterocycles. The predicted octanol–water partition coefficient (Wildman–Crippen LogP) is 4.80. The standard InChI is InChI=1S/C19H18ClN3OS2/c1-11(12-5-2-3-7-14(12)20)23-16(24)9-25-18-17-13-6-4-8-15(13)26-19(17)22-10-21-18/h2-3,5,7,10-11H,4,6,8-9H2,1H3,(H,23,24)/t11-/m0/s1. The average molecular weight is 404 g/mol. The molecule has 1 aliphatic rings.